The zero-order valence-electron chi connectivity index (χ0n) is 14.7. The molecular formula is C24H18N2S. The van der Waals surface area contributed by atoms with Crippen molar-refractivity contribution >= 4 is 28.0 Å². The van der Waals surface area contributed by atoms with Crippen LogP contribution < -0.4 is 5.32 Å². The largest absolute Gasteiger partial charge is 0.372 e. The summed E-state index contributed by atoms with van der Waals surface area (Å²) in [5, 5.41) is 4.83. The van der Waals surface area contributed by atoms with E-state index in [0.29, 0.717) is 0 Å². The van der Waals surface area contributed by atoms with Crippen molar-refractivity contribution in [1.29, 1.82) is 0 Å². The second-order valence-electron chi connectivity index (χ2n) is 6.60. The Bertz CT molecular complexity index is 1090. The van der Waals surface area contributed by atoms with Crippen molar-refractivity contribution in [3.63, 3.8) is 0 Å². The van der Waals surface area contributed by atoms with Gasteiger partial charge in [0.25, 0.3) is 0 Å². The summed E-state index contributed by atoms with van der Waals surface area (Å²) < 4.78 is 0. The predicted octanol–water partition coefficient (Wildman–Crippen LogP) is 6.44. The molecule has 3 heteroatoms. The van der Waals surface area contributed by atoms with Gasteiger partial charge >= 0.3 is 0 Å². The molecule has 0 unspecified atom stereocenters. The number of fused-ring (bicyclic) bond motifs is 1. The number of pyridine rings is 1. The van der Waals surface area contributed by atoms with E-state index in [1.54, 1.807) is 6.20 Å². The number of hydrogen-bond acceptors (Lipinski definition) is 3. The first-order valence-corrected chi connectivity index (χ1v) is 9.83. The van der Waals surface area contributed by atoms with E-state index in [-0.39, 0.29) is 0 Å². The number of nitrogens with zero attached hydrogens (tertiary/aromatic N) is 1. The highest BCUT2D eigenvalue weighted by Gasteiger charge is 2.15. The SMILES string of the molecule is C1=C(c2ccccc2)CNc2sc(-c3ccc(-c4cccnc4)cc3)cc21. The Morgan fingerprint density at radius 3 is 2.33 bits per heavy atom. The molecule has 0 fully saturated rings. The molecule has 27 heavy (non-hydrogen) atoms. The van der Waals surface area contributed by atoms with Crippen LogP contribution in [-0.4, -0.2) is 11.5 Å². The van der Waals surface area contributed by atoms with Crippen LogP contribution in [0, 0.1) is 0 Å². The maximum atomic E-state index is 4.21. The van der Waals surface area contributed by atoms with E-state index in [1.165, 1.54) is 37.7 Å². The van der Waals surface area contributed by atoms with E-state index >= 15 is 0 Å². The van der Waals surface area contributed by atoms with Crippen molar-refractivity contribution in [3.05, 3.63) is 96.3 Å². The Balaban J connectivity index is 1.45. The van der Waals surface area contributed by atoms with E-state index in [0.717, 1.165) is 12.1 Å². The Kier molecular flexibility index (Phi) is 4.07. The van der Waals surface area contributed by atoms with Crippen LogP contribution in [0.1, 0.15) is 11.1 Å². The highest BCUT2D eigenvalue weighted by atomic mass is 32.1. The fraction of sp³-hybridized carbons (Fsp3) is 0.0417. The van der Waals surface area contributed by atoms with E-state index in [2.05, 4.69) is 83.1 Å². The Morgan fingerprint density at radius 2 is 1.56 bits per heavy atom. The van der Waals surface area contributed by atoms with E-state index in [1.807, 2.05) is 23.6 Å². The zero-order chi connectivity index (χ0) is 18.1. The molecule has 0 atom stereocenters. The molecule has 2 aromatic heterocycles. The van der Waals surface area contributed by atoms with Gasteiger partial charge in [-0.2, -0.15) is 0 Å². The summed E-state index contributed by atoms with van der Waals surface area (Å²) in [6.07, 6.45) is 6.02. The molecule has 2 nitrogen and oxygen atoms in total. The van der Waals surface area contributed by atoms with Crippen molar-refractivity contribution in [3.8, 4) is 21.6 Å². The van der Waals surface area contributed by atoms with E-state index in [4.69, 9.17) is 0 Å². The van der Waals surface area contributed by atoms with Gasteiger partial charge in [0.05, 0.1) is 5.00 Å². The molecule has 0 bridgehead atoms. The van der Waals surface area contributed by atoms with Gasteiger partial charge in [0.2, 0.25) is 0 Å². The van der Waals surface area contributed by atoms with Crippen LogP contribution in [0.3, 0.4) is 0 Å². The summed E-state index contributed by atoms with van der Waals surface area (Å²) >= 11 is 1.82. The lowest BCUT2D eigenvalue weighted by Crippen LogP contribution is -2.07. The van der Waals surface area contributed by atoms with Gasteiger partial charge < -0.3 is 5.32 Å². The second-order valence-corrected chi connectivity index (χ2v) is 7.66. The molecule has 4 aromatic rings. The minimum Gasteiger partial charge on any atom is -0.372 e. The van der Waals surface area contributed by atoms with Crippen LogP contribution in [0.2, 0.25) is 0 Å². The predicted molar refractivity (Wildman–Crippen MR) is 116 cm³/mol. The minimum absolute atomic E-state index is 0.872. The van der Waals surface area contributed by atoms with Crippen LogP contribution in [0.15, 0.2) is 85.2 Å². The van der Waals surface area contributed by atoms with E-state index in [9.17, 15) is 0 Å². The van der Waals surface area contributed by atoms with Gasteiger partial charge in [-0.05, 0) is 46.0 Å². The number of rotatable bonds is 3. The third-order valence-corrected chi connectivity index (χ3v) is 6.00. The summed E-state index contributed by atoms with van der Waals surface area (Å²) in [7, 11) is 0. The fourth-order valence-electron chi connectivity index (χ4n) is 3.41. The normalized spacial score (nSPS) is 12.8. The number of nitrogens with one attached hydrogen (secondary N) is 1. The van der Waals surface area contributed by atoms with Crippen LogP contribution >= 0.6 is 11.3 Å². The first-order chi connectivity index (χ1) is 13.4. The van der Waals surface area contributed by atoms with Gasteiger partial charge in [0.1, 0.15) is 0 Å². The molecule has 130 valence electrons. The number of hydrogen-bond donors (Lipinski definition) is 1. The first-order valence-electron chi connectivity index (χ1n) is 9.01. The van der Waals surface area contributed by atoms with Crippen LogP contribution in [0.5, 0.6) is 0 Å². The number of benzene rings is 2. The summed E-state index contributed by atoms with van der Waals surface area (Å²) in [4.78, 5) is 5.49. The molecule has 3 heterocycles. The lowest BCUT2D eigenvalue weighted by atomic mass is 10.0. The Morgan fingerprint density at radius 1 is 0.778 bits per heavy atom. The van der Waals surface area contributed by atoms with E-state index < -0.39 is 0 Å². The minimum atomic E-state index is 0.872. The van der Waals surface area contributed by atoms with Crippen molar-refractivity contribution in [2.45, 2.75) is 0 Å². The molecule has 0 spiro atoms. The molecule has 0 saturated carbocycles. The molecule has 2 aromatic carbocycles. The van der Waals surface area contributed by atoms with Gasteiger partial charge in [-0.25, -0.2) is 0 Å². The Labute approximate surface area is 162 Å². The third kappa shape index (κ3) is 3.18. The lowest BCUT2D eigenvalue weighted by molar-refractivity contribution is 1.33. The van der Waals surface area contributed by atoms with Crippen molar-refractivity contribution in [1.82, 2.24) is 4.98 Å². The highest BCUT2D eigenvalue weighted by molar-refractivity contribution is 7.19. The molecule has 0 radical (unpaired) electrons. The average Bonchev–Trinajstić information content (AvgIpc) is 3.18. The molecule has 1 aliphatic heterocycles. The first kappa shape index (κ1) is 16.0. The standard InChI is InChI=1S/C24H18N2S/c1-2-5-17(6-3-1)22-13-21-14-23(27-24(21)26-16-22)19-10-8-18(9-11-19)20-7-4-12-25-15-20/h1-15,26H,16H2. The molecule has 0 saturated heterocycles. The van der Waals surface area contributed by atoms with Gasteiger partial charge in [-0.3, -0.25) is 4.98 Å². The monoisotopic (exact) mass is 366 g/mol. The average molecular weight is 366 g/mol. The lowest BCUT2D eigenvalue weighted by Gasteiger charge is -2.15. The van der Waals surface area contributed by atoms with Crippen LogP contribution in [0.4, 0.5) is 5.00 Å². The summed E-state index contributed by atoms with van der Waals surface area (Å²) in [6, 6.07) is 25.7. The molecular weight excluding hydrogens is 348 g/mol. The molecule has 5 rings (SSSR count). The van der Waals surface area contributed by atoms with Gasteiger partial charge in [-0.15, -0.1) is 11.3 Å². The van der Waals surface area contributed by atoms with Gasteiger partial charge in [-0.1, -0.05) is 60.7 Å². The third-order valence-electron chi connectivity index (χ3n) is 4.84. The topological polar surface area (TPSA) is 24.9 Å². The zero-order valence-corrected chi connectivity index (χ0v) is 15.5. The van der Waals surface area contributed by atoms with Crippen LogP contribution in [-0.2, 0) is 0 Å². The maximum Gasteiger partial charge on any atom is 0.0965 e. The molecule has 1 aliphatic rings. The van der Waals surface area contributed by atoms with Gasteiger partial charge in [0, 0.05) is 29.4 Å². The van der Waals surface area contributed by atoms with Crippen LogP contribution in [0.25, 0.3) is 33.2 Å². The number of aromatic nitrogens is 1. The Hall–Kier alpha value is -3.17. The van der Waals surface area contributed by atoms with Gasteiger partial charge in [0.15, 0.2) is 0 Å². The summed E-state index contributed by atoms with van der Waals surface area (Å²) in [6.45, 7) is 0.872. The maximum absolute atomic E-state index is 4.21. The summed E-state index contributed by atoms with van der Waals surface area (Å²) in [5.74, 6) is 0. The second kappa shape index (κ2) is 6.86. The molecule has 1 N–H and O–H groups in total. The van der Waals surface area contributed by atoms with Crippen molar-refractivity contribution in [2.75, 3.05) is 11.9 Å². The van der Waals surface area contributed by atoms with Crippen molar-refractivity contribution in [2.24, 2.45) is 0 Å². The fourth-order valence-corrected chi connectivity index (χ4v) is 4.44. The molecule has 0 amide bonds. The highest BCUT2D eigenvalue weighted by Crippen LogP contribution is 2.40. The smallest absolute Gasteiger partial charge is 0.0965 e. The number of anilines is 1. The van der Waals surface area contributed by atoms with Crippen molar-refractivity contribution < 1.29 is 0 Å². The summed E-state index contributed by atoms with van der Waals surface area (Å²) in [5.41, 5.74) is 7.47. The molecule has 0 aliphatic carbocycles. The number of thiophene rings is 1. The quantitative estimate of drug-likeness (QED) is 0.451.